The maximum absolute atomic E-state index is 12.3. The maximum atomic E-state index is 12.3. The molecule has 2 rings (SSSR count). The van der Waals surface area contributed by atoms with Crippen LogP contribution in [0.4, 0.5) is 0 Å². The smallest absolute Gasteiger partial charge is 0.244 e. The summed E-state index contributed by atoms with van der Waals surface area (Å²) in [7, 11) is 2.16. The van der Waals surface area contributed by atoms with Gasteiger partial charge in [0.1, 0.15) is 6.54 Å². The van der Waals surface area contributed by atoms with Gasteiger partial charge in [-0.25, -0.2) is 4.99 Å². The Kier molecular flexibility index (Phi) is 9.83. The summed E-state index contributed by atoms with van der Waals surface area (Å²) < 4.78 is 0. The standard InChI is InChI=1S/C22H37N5O/c1-4-23-22(25-17-21(28)27-15-9-6-10-16-27)24-14-13-19(2)26(3)18-20-11-7-5-8-12-20/h5,7-8,11-12,19H,4,6,9-10,13-18H2,1-3H3,(H2,23,24,25). The van der Waals surface area contributed by atoms with E-state index in [0.29, 0.717) is 6.04 Å². The first-order valence-corrected chi connectivity index (χ1v) is 10.6. The van der Waals surface area contributed by atoms with Gasteiger partial charge in [-0.15, -0.1) is 0 Å². The van der Waals surface area contributed by atoms with Crippen LogP contribution in [0, 0.1) is 0 Å². The molecule has 6 nitrogen and oxygen atoms in total. The summed E-state index contributed by atoms with van der Waals surface area (Å²) in [6.45, 7) is 8.82. The number of nitrogens with zero attached hydrogens (tertiary/aromatic N) is 3. The minimum absolute atomic E-state index is 0.132. The topological polar surface area (TPSA) is 60.0 Å². The number of rotatable bonds is 9. The molecule has 156 valence electrons. The molecule has 0 aliphatic carbocycles. The van der Waals surface area contributed by atoms with Gasteiger partial charge < -0.3 is 15.5 Å². The SMILES string of the molecule is CCNC(=NCC(=O)N1CCCCC1)NCCC(C)N(C)Cc1ccccc1. The number of hydrogen-bond donors (Lipinski definition) is 2. The number of carbonyl (C=O) groups is 1. The Labute approximate surface area is 170 Å². The highest BCUT2D eigenvalue weighted by molar-refractivity contribution is 5.85. The molecule has 1 aliphatic heterocycles. The number of carbonyl (C=O) groups excluding carboxylic acids is 1. The van der Waals surface area contributed by atoms with Crippen LogP contribution in [0.5, 0.6) is 0 Å². The van der Waals surface area contributed by atoms with Crippen LogP contribution in [0.15, 0.2) is 35.3 Å². The molecule has 2 N–H and O–H groups in total. The van der Waals surface area contributed by atoms with E-state index in [9.17, 15) is 4.79 Å². The quantitative estimate of drug-likeness (QED) is 0.505. The predicted octanol–water partition coefficient (Wildman–Crippen LogP) is 2.46. The van der Waals surface area contributed by atoms with Gasteiger partial charge >= 0.3 is 0 Å². The number of likely N-dealkylation sites (tertiary alicyclic amines) is 1. The lowest BCUT2D eigenvalue weighted by atomic mass is 10.1. The first-order valence-electron chi connectivity index (χ1n) is 10.6. The van der Waals surface area contributed by atoms with Crippen LogP contribution in [0.1, 0.15) is 45.1 Å². The van der Waals surface area contributed by atoms with Crippen molar-refractivity contribution in [3.05, 3.63) is 35.9 Å². The van der Waals surface area contributed by atoms with Crippen molar-refractivity contribution in [1.82, 2.24) is 20.4 Å². The summed E-state index contributed by atoms with van der Waals surface area (Å²) in [5.74, 6) is 0.860. The molecular weight excluding hydrogens is 350 g/mol. The van der Waals surface area contributed by atoms with E-state index in [1.165, 1.54) is 12.0 Å². The molecule has 1 saturated heterocycles. The summed E-state index contributed by atoms with van der Waals surface area (Å²) >= 11 is 0. The lowest BCUT2D eigenvalue weighted by molar-refractivity contribution is -0.130. The maximum Gasteiger partial charge on any atom is 0.244 e. The molecule has 28 heavy (non-hydrogen) atoms. The summed E-state index contributed by atoms with van der Waals surface area (Å²) in [6.07, 6.45) is 4.46. The van der Waals surface area contributed by atoms with Crippen molar-refractivity contribution in [2.24, 2.45) is 4.99 Å². The van der Waals surface area contributed by atoms with Gasteiger partial charge in [0.2, 0.25) is 5.91 Å². The second-order valence-corrected chi connectivity index (χ2v) is 7.60. The van der Waals surface area contributed by atoms with Crippen LogP contribution in [-0.2, 0) is 11.3 Å². The van der Waals surface area contributed by atoms with Crippen molar-refractivity contribution in [3.8, 4) is 0 Å². The third-order valence-electron chi connectivity index (χ3n) is 5.31. The van der Waals surface area contributed by atoms with E-state index >= 15 is 0 Å². The predicted molar refractivity (Wildman–Crippen MR) is 116 cm³/mol. The van der Waals surface area contributed by atoms with Crippen LogP contribution in [0.2, 0.25) is 0 Å². The molecule has 1 aromatic rings. The fraction of sp³-hybridized carbons (Fsp3) is 0.636. The molecule has 1 fully saturated rings. The van der Waals surface area contributed by atoms with Gasteiger partial charge in [-0.05, 0) is 52.1 Å². The van der Waals surface area contributed by atoms with Gasteiger partial charge in [0.15, 0.2) is 5.96 Å². The van der Waals surface area contributed by atoms with Gasteiger partial charge in [-0.1, -0.05) is 30.3 Å². The Hall–Kier alpha value is -2.08. The van der Waals surface area contributed by atoms with Crippen molar-refractivity contribution < 1.29 is 4.79 Å². The Bertz CT molecular complexity index is 598. The van der Waals surface area contributed by atoms with E-state index < -0.39 is 0 Å². The number of piperidine rings is 1. The molecule has 0 radical (unpaired) electrons. The third-order valence-corrected chi connectivity index (χ3v) is 5.31. The molecule has 0 aromatic heterocycles. The highest BCUT2D eigenvalue weighted by atomic mass is 16.2. The molecule has 1 heterocycles. The van der Waals surface area contributed by atoms with Crippen molar-refractivity contribution in [2.45, 2.75) is 52.1 Å². The Morgan fingerprint density at radius 1 is 1.18 bits per heavy atom. The molecule has 1 unspecified atom stereocenters. The molecular formula is C22H37N5O. The Morgan fingerprint density at radius 3 is 2.57 bits per heavy atom. The van der Waals surface area contributed by atoms with E-state index in [1.54, 1.807) is 0 Å². The van der Waals surface area contributed by atoms with Gasteiger partial charge in [0.05, 0.1) is 0 Å². The summed E-state index contributed by atoms with van der Waals surface area (Å²) in [4.78, 5) is 21.1. The number of hydrogen-bond acceptors (Lipinski definition) is 3. The highest BCUT2D eigenvalue weighted by Crippen LogP contribution is 2.09. The van der Waals surface area contributed by atoms with Crippen molar-refractivity contribution in [3.63, 3.8) is 0 Å². The van der Waals surface area contributed by atoms with Crippen molar-refractivity contribution in [1.29, 1.82) is 0 Å². The largest absolute Gasteiger partial charge is 0.357 e. The zero-order valence-corrected chi connectivity index (χ0v) is 17.8. The highest BCUT2D eigenvalue weighted by Gasteiger charge is 2.16. The first-order chi connectivity index (χ1) is 13.6. The lowest BCUT2D eigenvalue weighted by Gasteiger charge is -2.26. The van der Waals surface area contributed by atoms with E-state index in [2.05, 4.69) is 64.8 Å². The van der Waals surface area contributed by atoms with Crippen LogP contribution in [0.3, 0.4) is 0 Å². The molecule has 1 aromatic carbocycles. The van der Waals surface area contributed by atoms with Gasteiger partial charge in [-0.2, -0.15) is 0 Å². The Balaban J connectivity index is 1.74. The summed E-state index contributed by atoms with van der Waals surface area (Å²) in [5.41, 5.74) is 1.33. The first kappa shape index (κ1) is 22.2. The van der Waals surface area contributed by atoms with Crippen LogP contribution in [-0.4, -0.2) is 67.5 Å². The average molecular weight is 388 g/mol. The van der Waals surface area contributed by atoms with Gasteiger partial charge in [0, 0.05) is 38.8 Å². The summed E-state index contributed by atoms with van der Waals surface area (Å²) in [6, 6.07) is 11.0. The minimum Gasteiger partial charge on any atom is -0.357 e. The van der Waals surface area contributed by atoms with Crippen LogP contribution in [0.25, 0.3) is 0 Å². The van der Waals surface area contributed by atoms with E-state index in [0.717, 1.165) is 57.9 Å². The molecule has 0 saturated carbocycles. The zero-order chi connectivity index (χ0) is 20.2. The second-order valence-electron chi connectivity index (χ2n) is 7.60. The summed E-state index contributed by atoms with van der Waals surface area (Å²) in [5, 5.41) is 6.61. The lowest BCUT2D eigenvalue weighted by Crippen LogP contribution is -2.41. The number of guanidine groups is 1. The van der Waals surface area contributed by atoms with Crippen LogP contribution < -0.4 is 10.6 Å². The normalized spacial score (nSPS) is 16.1. The van der Waals surface area contributed by atoms with Crippen LogP contribution >= 0.6 is 0 Å². The monoisotopic (exact) mass is 387 g/mol. The fourth-order valence-electron chi connectivity index (χ4n) is 3.38. The Morgan fingerprint density at radius 2 is 1.89 bits per heavy atom. The van der Waals surface area contributed by atoms with Crippen molar-refractivity contribution in [2.75, 3.05) is 39.8 Å². The number of amides is 1. The number of nitrogens with one attached hydrogen (secondary N) is 2. The second kappa shape index (κ2) is 12.4. The van der Waals surface area contributed by atoms with Gasteiger partial charge in [-0.3, -0.25) is 9.69 Å². The number of benzene rings is 1. The zero-order valence-electron chi connectivity index (χ0n) is 17.8. The fourth-order valence-corrected chi connectivity index (χ4v) is 3.38. The van der Waals surface area contributed by atoms with Gasteiger partial charge in [0.25, 0.3) is 0 Å². The van der Waals surface area contributed by atoms with Crippen molar-refractivity contribution >= 4 is 11.9 Å². The molecule has 1 aliphatic rings. The molecule has 0 bridgehead atoms. The third kappa shape index (κ3) is 7.89. The molecule has 1 atom stereocenters. The molecule has 1 amide bonds. The molecule has 0 spiro atoms. The minimum atomic E-state index is 0.132. The van der Waals surface area contributed by atoms with E-state index in [4.69, 9.17) is 0 Å². The van der Waals surface area contributed by atoms with E-state index in [-0.39, 0.29) is 12.5 Å². The molecule has 6 heteroatoms. The number of aliphatic imine (C=N–C) groups is 1. The average Bonchev–Trinajstić information content (AvgIpc) is 2.73. The van der Waals surface area contributed by atoms with E-state index in [1.807, 2.05) is 11.8 Å².